The van der Waals surface area contributed by atoms with Crippen molar-refractivity contribution in [3.05, 3.63) is 11.0 Å². The topological polar surface area (TPSA) is 51.8 Å². The molecule has 0 aliphatic carbocycles. The third kappa shape index (κ3) is 2.10. The Kier molecular flexibility index (Phi) is 2.49. The average molecular weight is 229 g/mol. The summed E-state index contributed by atoms with van der Waals surface area (Å²) in [5.41, 5.74) is 3.06. The minimum atomic E-state index is -4.66. The molecule has 0 aliphatic heterocycles. The molecule has 0 fully saturated rings. The summed E-state index contributed by atoms with van der Waals surface area (Å²) in [6.07, 6.45) is -4.66. The second-order valence-corrected chi connectivity index (χ2v) is 2.78. The van der Waals surface area contributed by atoms with E-state index in [1.54, 1.807) is 0 Å². The molecule has 72 valence electrons. The number of rotatable bonds is 0. The minimum Gasteiger partial charge on any atom is -0.758 e. The Morgan fingerprint density at radius 1 is 1.31 bits per heavy atom. The summed E-state index contributed by atoms with van der Waals surface area (Å²) in [7, 11) is 0. The van der Waals surface area contributed by atoms with Crippen LogP contribution in [0.25, 0.3) is 0 Å². The van der Waals surface area contributed by atoms with Gasteiger partial charge < -0.3 is 18.4 Å². The molecule has 0 atom stereocenters. The van der Waals surface area contributed by atoms with Crippen LogP contribution >= 0.6 is 11.6 Å². The summed E-state index contributed by atoms with van der Waals surface area (Å²) in [6.45, 7) is 0. The summed E-state index contributed by atoms with van der Waals surface area (Å²) in [5.74, 6) is 0. The molecule has 1 heterocycles. The van der Waals surface area contributed by atoms with Crippen molar-refractivity contribution in [3.8, 4) is 0 Å². The van der Waals surface area contributed by atoms with Gasteiger partial charge in [-0.2, -0.15) is 13.2 Å². The van der Waals surface area contributed by atoms with Gasteiger partial charge in [-0.25, -0.2) is 9.97 Å². The van der Waals surface area contributed by atoms with E-state index in [2.05, 4.69) is 22.6 Å². The highest BCUT2D eigenvalue weighted by Crippen LogP contribution is 2.33. The number of halogens is 4. The van der Waals surface area contributed by atoms with Crippen molar-refractivity contribution in [3.63, 3.8) is 0 Å². The van der Waals surface area contributed by atoms with Gasteiger partial charge >= 0.3 is 6.18 Å². The predicted molar refractivity (Wildman–Crippen MR) is 42.1 cm³/mol. The first kappa shape index (κ1) is 10.3. The van der Waals surface area contributed by atoms with Crippen LogP contribution < -0.4 is 5.73 Å². The van der Waals surface area contributed by atoms with Crippen LogP contribution in [0.4, 0.5) is 18.9 Å². The lowest BCUT2D eigenvalue weighted by Crippen LogP contribution is -2.13. The number of aromatic nitrogens is 2. The van der Waals surface area contributed by atoms with Crippen molar-refractivity contribution in [1.82, 2.24) is 9.97 Å². The molecule has 1 rings (SSSR count). The summed E-state index contributed by atoms with van der Waals surface area (Å²) in [5, 5.41) is -0.959. The second-order valence-electron chi connectivity index (χ2n) is 2.06. The van der Waals surface area contributed by atoms with Crippen molar-refractivity contribution in [1.29, 1.82) is 0 Å². The molecule has 0 amide bonds. The van der Waals surface area contributed by atoms with Gasteiger partial charge in [0, 0.05) is 0 Å². The molecule has 0 aromatic carbocycles. The predicted octanol–water partition coefficient (Wildman–Crippen LogP) is 1.64. The SMILES string of the molecule is Nc1c([S-])nc(Cl)nc1C(F)(F)F. The smallest absolute Gasteiger partial charge is 0.435 e. The maximum absolute atomic E-state index is 12.1. The largest absolute Gasteiger partial charge is 0.758 e. The highest BCUT2D eigenvalue weighted by molar-refractivity contribution is 7.58. The zero-order valence-corrected chi connectivity index (χ0v) is 7.46. The van der Waals surface area contributed by atoms with Gasteiger partial charge in [-0.15, -0.1) is 0 Å². The number of nitrogens with zero attached hydrogens (tertiary/aromatic N) is 2. The van der Waals surface area contributed by atoms with Crippen LogP contribution in [0.5, 0.6) is 0 Å². The Balaban J connectivity index is 3.37. The molecule has 0 unspecified atom stereocenters. The molecule has 3 nitrogen and oxygen atoms in total. The van der Waals surface area contributed by atoms with E-state index >= 15 is 0 Å². The van der Waals surface area contributed by atoms with E-state index in [9.17, 15) is 13.2 Å². The van der Waals surface area contributed by atoms with Crippen LogP contribution in [0.1, 0.15) is 5.69 Å². The zero-order valence-electron chi connectivity index (χ0n) is 5.89. The molecule has 0 spiro atoms. The van der Waals surface area contributed by atoms with Gasteiger partial charge in [0.2, 0.25) is 5.28 Å². The normalized spacial score (nSPS) is 11.7. The van der Waals surface area contributed by atoms with Crippen molar-refractivity contribution in [2.45, 2.75) is 11.2 Å². The zero-order chi connectivity index (χ0) is 10.2. The third-order valence-electron chi connectivity index (χ3n) is 1.15. The lowest BCUT2D eigenvalue weighted by atomic mass is 10.3. The number of anilines is 1. The van der Waals surface area contributed by atoms with E-state index < -0.39 is 27.9 Å². The Morgan fingerprint density at radius 2 is 1.85 bits per heavy atom. The van der Waals surface area contributed by atoms with Crippen LogP contribution in [0.15, 0.2) is 5.03 Å². The summed E-state index contributed by atoms with van der Waals surface area (Å²) >= 11 is 9.62. The Hall–Kier alpha value is -0.820. The maximum atomic E-state index is 12.1. The number of nitrogen functional groups attached to an aromatic ring is 1. The molecule has 0 saturated heterocycles. The van der Waals surface area contributed by atoms with E-state index in [4.69, 9.17) is 17.3 Å². The Labute approximate surface area is 81.5 Å². The number of nitrogens with two attached hydrogens (primary N) is 1. The monoisotopic (exact) mass is 228 g/mol. The summed E-state index contributed by atoms with van der Waals surface area (Å²) in [6, 6.07) is 0. The Morgan fingerprint density at radius 3 is 2.31 bits per heavy atom. The first-order chi connectivity index (χ1) is 5.82. The van der Waals surface area contributed by atoms with Gasteiger partial charge in [0.05, 0.1) is 5.69 Å². The number of alkyl halides is 3. The molecule has 13 heavy (non-hydrogen) atoms. The molecule has 0 radical (unpaired) electrons. The van der Waals surface area contributed by atoms with E-state index in [0.29, 0.717) is 0 Å². The van der Waals surface area contributed by atoms with Crippen LogP contribution in [0.3, 0.4) is 0 Å². The van der Waals surface area contributed by atoms with Gasteiger partial charge in [-0.1, -0.05) is 5.03 Å². The molecular weight excluding hydrogens is 227 g/mol. The number of hydrogen-bond acceptors (Lipinski definition) is 4. The van der Waals surface area contributed by atoms with Crippen LogP contribution in [0, 0.1) is 0 Å². The fourth-order valence-corrected chi connectivity index (χ4v) is 1.04. The third-order valence-corrected chi connectivity index (χ3v) is 1.63. The molecule has 1 aromatic heterocycles. The molecule has 0 bridgehead atoms. The van der Waals surface area contributed by atoms with E-state index in [0.717, 1.165) is 0 Å². The minimum absolute atomic E-state index is 0.396. The summed E-state index contributed by atoms with van der Waals surface area (Å²) in [4.78, 5) is 6.23. The van der Waals surface area contributed by atoms with Crippen LogP contribution in [-0.2, 0) is 18.8 Å². The first-order valence-electron chi connectivity index (χ1n) is 2.89. The number of hydrogen-bond donors (Lipinski definition) is 1. The lowest BCUT2D eigenvalue weighted by molar-refractivity contribution is -0.140. The highest BCUT2D eigenvalue weighted by Gasteiger charge is 2.35. The van der Waals surface area contributed by atoms with Gasteiger partial charge in [0.1, 0.15) is 0 Å². The molecule has 2 N–H and O–H groups in total. The van der Waals surface area contributed by atoms with Gasteiger partial charge in [0.25, 0.3) is 0 Å². The Bertz CT molecular complexity index is 341. The van der Waals surface area contributed by atoms with E-state index in [1.807, 2.05) is 0 Å². The van der Waals surface area contributed by atoms with Crippen LogP contribution in [-0.4, -0.2) is 9.97 Å². The molecule has 0 aliphatic rings. The van der Waals surface area contributed by atoms with Crippen LogP contribution in [0.2, 0.25) is 5.28 Å². The second kappa shape index (κ2) is 3.15. The standard InChI is InChI=1S/C5H3ClF3N3S/c6-4-11-2(5(7,8)9)1(10)3(13)12-4/h10H2,(H,11,12,13)/p-1. The van der Waals surface area contributed by atoms with Gasteiger partial charge in [-0.05, 0) is 11.6 Å². The van der Waals surface area contributed by atoms with Crippen molar-refractivity contribution in [2.75, 3.05) is 5.73 Å². The van der Waals surface area contributed by atoms with E-state index in [1.165, 1.54) is 0 Å². The van der Waals surface area contributed by atoms with Gasteiger partial charge in [-0.3, -0.25) is 0 Å². The lowest BCUT2D eigenvalue weighted by Gasteiger charge is -2.14. The molecular formula is C5H2ClF3N3S-. The van der Waals surface area contributed by atoms with Crippen molar-refractivity contribution >= 4 is 29.9 Å². The highest BCUT2D eigenvalue weighted by atomic mass is 35.5. The van der Waals surface area contributed by atoms with Crippen molar-refractivity contribution < 1.29 is 13.2 Å². The summed E-state index contributed by atoms with van der Waals surface area (Å²) < 4.78 is 36.4. The van der Waals surface area contributed by atoms with Gasteiger partial charge in [0.15, 0.2) is 5.69 Å². The molecule has 8 heteroatoms. The fourth-order valence-electron chi connectivity index (χ4n) is 0.639. The first-order valence-corrected chi connectivity index (χ1v) is 3.68. The van der Waals surface area contributed by atoms with E-state index in [-0.39, 0.29) is 0 Å². The maximum Gasteiger partial charge on any atom is 0.435 e. The van der Waals surface area contributed by atoms with Crippen molar-refractivity contribution in [2.24, 2.45) is 0 Å². The fraction of sp³-hybridized carbons (Fsp3) is 0.200. The molecule has 1 aromatic rings. The quantitative estimate of drug-likeness (QED) is 0.417. The molecule has 0 saturated carbocycles. The average Bonchev–Trinajstić information content (AvgIpc) is 1.94.